The lowest BCUT2D eigenvalue weighted by atomic mass is 9.91. The molecule has 44 heavy (non-hydrogen) atoms. The van der Waals surface area contributed by atoms with Gasteiger partial charge in [-0.25, -0.2) is 9.79 Å². The van der Waals surface area contributed by atoms with Crippen LogP contribution < -0.4 is 14.9 Å². The van der Waals surface area contributed by atoms with Gasteiger partial charge in [0.05, 0.1) is 38.5 Å². The van der Waals surface area contributed by atoms with Crippen LogP contribution in [0.2, 0.25) is 10.0 Å². The van der Waals surface area contributed by atoms with Crippen molar-refractivity contribution in [1.29, 1.82) is 0 Å². The van der Waals surface area contributed by atoms with Crippen molar-refractivity contribution in [1.82, 2.24) is 4.57 Å². The van der Waals surface area contributed by atoms with Crippen LogP contribution in [0.3, 0.4) is 0 Å². The first-order valence-corrected chi connectivity index (χ1v) is 15.8. The van der Waals surface area contributed by atoms with Crippen LogP contribution in [0.15, 0.2) is 105 Å². The van der Waals surface area contributed by atoms with Crippen molar-refractivity contribution in [3.63, 3.8) is 0 Å². The Labute approximate surface area is 268 Å². The van der Waals surface area contributed by atoms with Gasteiger partial charge in [-0.1, -0.05) is 103 Å². The molecule has 0 aliphatic carbocycles. The highest BCUT2D eigenvalue weighted by Crippen LogP contribution is 2.36. The lowest BCUT2D eigenvalue weighted by Crippen LogP contribution is -2.40. The molecular weight excluding hydrogens is 615 g/mol. The summed E-state index contributed by atoms with van der Waals surface area (Å²) in [6, 6.07) is 25.6. The van der Waals surface area contributed by atoms with E-state index in [0.717, 1.165) is 22.3 Å². The Morgan fingerprint density at radius 2 is 1.75 bits per heavy atom. The topological polar surface area (TPSA) is 73.8 Å². The van der Waals surface area contributed by atoms with Crippen molar-refractivity contribution in [2.45, 2.75) is 32.7 Å². The molecule has 9 heteroatoms. The molecule has 0 bridgehead atoms. The maximum Gasteiger partial charge on any atom is 0.338 e. The number of nitrogens with zero attached hydrogens (tertiary/aromatic N) is 2. The second-order valence-electron chi connectivity index (χ2n) is 10.6. The van der Waals surface area contributed by atoms with E-state index in [0.29, 0.717) is 48.1 Å². The maximum absolute atomic E-state index is 14.1. The van der Waals surface area contributed by atoms with E-state index >= 15 is 0 Å². The van der Waals surface area contributed by atoms with E-state index in [-0.39, 0.29) is 12.2 Å². The molecule has 6 nitrogen and oxygen atoms in total. The first kappa shape index (κ1) is 29.9. The quantitative estimate of drug-likeness (QED) is 0.171. The number of hydrogen-bond acceptors (Lipinski definition) is 6. The number of carbonyl (C=O) groups excluding carboxylic acids is 1. The summed E-state index contributed by atoms with van der Waals surface area (Å²) in [7, 11) is 0. The molecule has 5 aromatic rings. The molecule has 1 aliphatic rings. The largest absolute Gasteiger partial charge is 0.463 e. The van der Waals surface area contributed by atoms with E-state index in [1.54, 1.807) is 35.8 Å². The molecule has 6 rings (SSSR count). The average Bonchev–Trinajstić information content (AvgIpc) is 3.62. The molecule has 0 fully saturated rings. The molecule has 0 N–H and O–H groups in total. The molecule has 222 valence electrons. The average molecular weight is 644 g/mol. The van der Waals surface area contributed by atoms with Crippen molar-refractivity contribution in [2.75, 3.05) is 6.61 Å². The number of thiazole rings is 1. The lowest BCUT2D eigenvalue weighted by molar-refractivity contribution is -0.138. The first-order chi connectivity index (χ1) is 21.2. The third-order valence-corrected chi connectivity index (χ3v) is 9.12. The fraction of sp³-hybridized carbons (Fsp3) is 0.171. The molecule has 3 heterocycles. The minimum Gasteiger partial charge on any atom is -0.463 e. The predicted octanol–water partition coefficient (Wildman–Crippen LogP) is 7.63. The number of carbonyl (C=O) groups is 1. The van der Waals surface area contributed by atoms with Gasteiger partial charge in [-0.05, 0) is 54.3 Å². The number of halogens is 2. The van der Waals surface area contributed by atoms with Gasteiger partial charge in [-0.2, -0.15) is 0 Å². The van der Waals surface area contributed by atoms with Gasteiger partial charge in [0.25, 0.3) is 5.56 Å². The second-order valence-corrected chi connectivity index (χ2v) is 12.4. The molecule has 3 aromatic carbocycles. The van der Waals surface area contributed by atoms with E-state index in [2.05, 4.69) is 13.8 Å². The van der Waals surface area contributed by atoms with Crippen LogP contribution in [0.25, 0.3) is 23.1 Å². The zero-order valence-corrected chi connectivity index (χ0v) is 26.5. The van der Waals surface area contributed by atoms with Crippen molar-refractivity contribution >= 4 is 52.3 Å². The Kier molecular flexibility index (Phi) is 8.45. The van der Waals surface area contributed by atoms with Gasteiger partial charge < -0.3 is 9.15 Å². The number of esters is 1. The smallest absolute Gasteiger partial charge is 0.338 e. The standard InChI is InChI=1S/C35H28Cl2N2O4S/c1-4-42-34(41)30-31(22-8-6-5-7-9-22)38-35-39(32(30)23-12-10-21(11-13-23)20(2)3)33(40)29(44-35)19-25-15-17-28(43-25)24-14-16-26(36)27(37)18-24/h5-20,32H,4H2,1-3H3/b29-19-/t32-/m0/s1. The van der Waals surface area contributed by atoms with E-state index in [1.807, 2.05) is 66.7 Å². The summed E-state index contributed by atoms with van der Waals surface area (Å²) in [5.41, 5.74) is 3.97. The fourth-order valence-electron chi connectivity index (χ4n) is 5.18. The van der Waals surface area contributed by atoms with Crippen LogP contribution in [-0.2, 0) is 9.53 Å². The highest BCUT2D eigenvalue weighted by molar-refractivity contribution is 7.07. The minimum atomic E-state index is -0.743. The molecule has 0 saturated carbocycles. The molecule has 0 amide bonds. The number of fused-ring (bicyclic) bond motifs is 1. The summed E-state index contributed by atoms with van der Waals surface area (Å²) < 4.78 is 13.6. The summed E-state index contributed by atoms with van der Waals surface area (Å²) in [4.78, 5) is 33.2. The van der Waals surface area contributed by atoms with Gasteiger partial charge in [-0.3, -0.25) is 9.36 Å². The van der Waals surface area contributed by atoms with Gasteiger partial charge in [0.1, 0.15) is 11.5 Å². The monoisotopic (exact) mass is 642 g/mol. The number of rotatable bonds is 7. The van der Waals surface area contributed by atoms with Gasteiger partial charge >= 0.3 is 5.97 Å². The summed E-state index contributed by atoms with van der Waals surface area (Å²) >= 11 is 13.5. The van der Waals surface area contributed by atoms with E-state index in [1.165, 1.54) is 11.3 Å². The van der Waals surface area contributed by atoms with Crippen molar-refractivity contribution in [2.24, 2.45) is 4.99 Å². The Balaban J connectivity index is 1.55. The lowest BCUT2D eigenvalue weighted by Gasteiger charge is -2.26. The molecule has 1 atom stereocenters. The van der Waals surface area contributed by atoms with E-state index in [4.69, 9.17) is 37.3 Å². The van der Waals surface area contributed by atoms with Crippen molar-refractivity contribution in [3.05, 3.63) is 143 Å². The molecule has 2 aromatic heterocycles. The Hall–Kier alpha value is -4.17. The molecule has 0 spiro atoms. The normalized spacial score (nSPS) is 15.0. The van der Waals surface area contributed by atoms with Crippen LogP contribution in [0.4, 0.5) is 0 Å². The Bertz CT molecular complexity index is 2070. The van der Waals surface area contributed by atoms with Crippen LogP contribution in [0.5, 0.6) is 0 Å². The molecule has 0 radical (unpaired) electrons. The van der Waals surface area contributed by atoms with Gasteiger partial charge in [-0.15, -0.1) is 0 Å². The Morgan fingerprint density at radius 1 is 1.00 bits per heavy atom. The number of aromatic nitrogens is 1. The van der Waals surface area contributed by atoms with Crippen molar-refractivity contribution in [3.8, 4) is 11.3 Å². The number of hydrogen-bond donors (Lipinski definition) is 0. The molecule has 1 aliphatic heterocycles. The summed E-state index contributed by atoms with van der Waals surface area (Å²) in [6.45, 7) is 6.19. The Morgan fingerprint density at radius 3 is 2.43 bits per heavy atom. The fourth-order valence-corrected chi connectivity index (χ4v) is 6.46. The van der Waals surface area contributed by atoms with Gasteiger partial charge in [0.15, 0.2) is 4.80 Å². The van der Waals surface area contributed by atoms with E-state index in [9.17, 15) is 9.59 Å². The third kappa shape index (κ3) is 5.71. The molecule has 0 unspecified atom stereocenters. The van der Waals surface area contributed by atoms with Crippen LogP contribution in [0.1, 0.15) is 55.2 Å². The first-order valence-electron chi connectivity index (χ1n) is 14.2. The van der Waals surface area contributed by atoms with Crippen LogP contribution in [-0.4, -0.2) is 17.1 Å². The SMILES string of the molecule is CCOC(=O)C1=C(c2ccccc2)N=c2s/c(=C\c3ccc(-c4ccc(Cl)c(Cl)c4)o3)c(=O)n2[C@H]1c1ccc(C(C)C)cc1. The van der Waals surface area contributed by atoms with Crippen LogP contribution >= 0.6 is 34.5 Å². The summed E-state index contributed by atoms with van der Waals surface area (Å²) in [6.07, 6.45) is 1.69. The van der Waals surface area contributed by atoms with E-state index < -0.39 is 12.0 Å². The molecule has 0 saturated heterocycles. The van der Waals surface area contributed by atoms with Crippen molar-refractivity contribution < 1.29 is 13.9 Å². The number of benzene rings is 3. The van der Waals surface area contributed by atoms with Crippen LogP contribution in [0, 0.1) is 0 Å². The highest BCUT2D eigenvalue weighted by atomic mass is 35.5. The summed E-state index contributed by atoms with van der Waals surface area (Å²) in [5.74, 6) is 0.886. The summed E-state index contributed by atoms with van der Waals surface area (Å²) in [5, 5.41) is 0.872. The number of furan rings is 1. The molecular formula is C35H28Cl2N2O4S. The maximum atomic E-state index is 14.1. The predicted molar refractivity (Wildman–Crippen MR) is 176 cm³/mol. The zero-order valence-electron chi connectivity index (χ0n) is 24.2. The van der Waals surface area contributed by atoms with Gasteiger partial charge in [0.2, 0.25) is 0 Å². The minimum absolute atomic E-state index is 0.188. The number of ether oxygens (including phenoxy) is 1. The van der Waals surface area contributed by atoms with Gasteiger partial charge in [0, 0.05) is 17.2 Å². The highest BCUT2D eigenvalue weighted by Gasteiger charge is 2.35. The second kappa shape index (κ2) is 12.4. The zero-order chi connectivity index (χ0) is 31.0. The third-order valence-electron chi connectivity index (χ3n) is 7.40.